The predicted octanol–water partition coefficient (Wildman–Crippen LogP) is 2.87. The first-order chi connectivity index (χ1) is 14.4. The molecule has 0 saturated heterocycles. The van der Waals surface area contributed by atoms with Crippen molar-refractivity contribution in [1.82, 2.24) is 5.32 Å². The molecule has 0 bridgehead atoms. The zero-order valence-corrected chi connectivity index (χ0v) is 17.0. The molecular formula is C22H25NO6. The second-order valence-electron chi connectivity index (χ2n) is 6.69. The molecule has 0 saturated carbocycles. The van der Waals surface area contributed by atoms with Crippen LogP contribution in [0.4, 0.5) is 0 Å². The number of aryl methyl sites for hydroxylation is 1. The van der Waals surface area contributed by atoms with E-state index in [1.165, 1.54) is 20.1 Å². The van der Waals surface area contributed by atoms with Crippen molar-refractivity contribution < 1.29 is 25.1 Å². The van der Waals surface area contributed by atoms with E-state index in [1.54, 1.807) is 26.4 Å². The second kappa shape index (κ2) is 8.43. The normalized spacial score (nSPS) is 15.2. The van der Waals surface area contributed by atoms with Gasteiger partial charge in [-0.15, -0.1) is 0 Å². The SMILES string of the molecule is [3H]COc1ccc2c(cc1=O)[C@@H](NC(C)=O)[14CH2]Cc1cc(OC)c(OC)c(OC)c1-2. The summed E-state index contributed by atoms with van der Waals surface area (Å²) in [6.45, 7) is 1.44. The highest BCUT2D eigenvalue weighted by Gasteiger charge is 2.29. The lowest BCUT2D eigenvalue weighted by molar-refractivity contribution is -0.119. The first-order valence-corrected chi connectivity index (χ1v) is 9.14. The monoisotopic (exact) mass is 403 g/mol. The zero-order chi connectivity index (χ0) is 21.8. The fourth-order valence-corrected chi connectivity index (χ4v) is 3.81. The summed E-state index contributed by atoms with van der Waals surface area (Å²) in [5.41, 5.74) is 2.72. The molecule has 1 amide bonds. The van der Waals surface area contributed by atoms with Crippen LogP contribution < -0.4 is 29.7 Å². The van der Waals surface area contributed by atoms with Crippen LogP contribution in [0.1, 0.15) is 31.9 Å². The fraction of sp³-hybridized carbons (Fsp3) is 0.364. The molecule has 0 fully saturated rings. The molecule has 0 heterocycles. The molecule has 7 nitrogen and oxygen atoms in total. The van der Waals surface area contributed by atoms with Crippen molar-refractivity contribution >= 4 is 5.91 Å². The molecule has 3 rings (SSSR count). The Morgan fingerprint density at radius 3 is 2.48 bits per heavy atom. The largest absolute Gasteiger partial charge is 0.493 e. The third-order valence-electron chi connectivity index (χ3n) is 5.03. The Morgan fingerprint density at radius 2 is 1.86 bits per heavy atom. The van der Waals surface area contributed by atoms with Crippen molar-refractivity contribution in [2.75, 3.05) is 28.4 Å². The number of rotatable bonds is 5. The summed E-state index contributed by atoms with van der Waals surface area (Å²) in [5, 5.41) is 2.94. The van der Waals surface area contributed by atoms with Gasteiger partial charge in [-0.3, -0.25) is 9.59 Å². The molecule has 0 aromatic heterocycles. The highest BCUT2D eigenvalue weighted by atomic mass is 16.5. The molecule has 0 unspecified atom stereocenters. The molecule has 0 spiro atoms. The summed E-state index contributed by atoms with van der Waals surface area (Å²) >= 11 is 0. The topological polar surface area (TPSA) is 83.1 Å². The molecule has 1 atom stereocenters. The number of carbonyl (C=O) groups is 1. The average molecular weight is 403 g/mol. The highest BCUT2D eigenvalue weighted by Crippen LogP contribution is 2.50. The minimum Gasteiger partial charge on any atom is -0.493 e. The highest BCUT2D eigenvalue weighted by molar-refractivity contribution is 5.83. The maximum atomic E-state index is 12.7. The Morgan fingerprint density at radius 1 is 1.10 bits per heavy atom. The molecular weight excluding hydrogens is 376 g/mol. The van der Waals surface area contributed by atoms with E-state index in [1.807, 2.05) is 6.07 Å². The molecule has 29 heavy (non-hydrogen) atoms. The lowest BCUT2D eigenvalue weighted by Gasteiger charge is -2.19. The molecule has 7 heteroatoms. The van der Waals surface area contributed by atoms with Gasteiger partial charge in [-0.1, -0.05) is 6.07 Å². The van der Waals surface area contributed by atoms with Crippen LogP contribution >= 0.6 is 0 Å². The first-order valence-electron chi connectivity index (χ1n) is 9.85. The van der Waals surface area contributed by atoms with Gasteiger partial charge in [-0.2, -0.15) is 0 Å². The van der Waals surface area contributed by atoms with Crippen molar-refractivity contribution in [3.05, 3.63) is 45.6 Å². The van der Waals surface area contributed by atoms with Crippen LogP contribution in [-0.2, 0) is 11.2 Å². The quantitative estimate of drug-likeness (QED) is 0.827. The van der Waals surface area contributed by atoms with Crippen LogP contribution in [0.5, 0.6) is 23.0 Å². The third kappa shape index (κ3) is 3.72. The summed E-state index contributed by atoms with van der Waals surface area (Å²) in [6.07, 6.45) is 1.20. The molecule has 154 valence electrons. The van der Waals surface area contributed by atoms with Gasteiger partial charge < -0.3 is 24.3 Å². The summed E-state index contributed by atoms with van der Waals surface area (Å²) in [5.74, 6) is 1.34. The van der Waals surface area contributed by atoms with Crippen LogP contribution in [0.2, 0.25) is 0 Å². The Kier molecular flexibility index (Phi) is 5.55. The van der Waals surface area contributed by atoms with Crippen LogP contribution in [0.3, 0.4) is 0 Å². The summed E-state index contributed by atoms with van der Waals surface area (Å²) in [4.78, 5) is 24.6. The van der Waals surface area contributed by atoms with Crippen LogP contribution in [0.25, 0.3) is 11.1 Å². The average Bonchev–Trinajstić information content (AvgIpc) is 2.96. The van der Waals surface area contributed by atoms with Gasteiger partial charge in [-0.25, -0.2) is 0 Å². The second-order valence-corrected chi connectivity index (χ2v) is 6.69. The van der Waals surface area contributed by atoms with E-state index >= 15 is 0 Å². The van der Waals surface area contributed by atoms with Crippen LogP contribution in [0, 0.1) is 0 Å². The van der Waals surface area contributed by atoms with Gasteiger partial charge in [0.25, 0.3) is 0 Å². The minimum atomic E-state index is -0.379. The van der Waals surface area contributed by atoms with E-state index in [0.717, 1.165) is 16.7 Å². The van der Waals surface area contributed by atoms with E-state index in [-0.39, 0.29) is 30.2 Å². The number of methoxy groups -OCH3 is 4. The van der Waals surface area contributed by atoms with Gasteiger partial charge in [0, 0.05) is 12.5 Å². The van der Waals surface area contributed by atoms with E-state index in [0.29, 0.717) is 35.7 Å². The summed E-state index contributed by atoms with van der Waals surface area (Å²) < 4.78 is 29.2. The molecule has 0 radical (unpaired) electrons. The number of hydrogen-bond acceptors (Lipinski definition) is 6. The molecule has 2 aromatic carbocycles. The third-order valence-corrected chi connectivity index (χ3v) is 5.03. The van der Waals surface area contributed by atoms with Crippen molar-refractivity contribution in [1.29, 1.82) is 0 Å². The maximum absolute atomic E-state index is 12.7. The minimum absolute atomic E-state index is 0.0700. The molecule has 1 aliphatic carbocycles. The van der Waals surface area contributed by atoms with E-state index in [4.69, 9.17) is 20.3 Å². The van der Waals surface area contributed by atoms with Crippen molar-refractivity contribution in [2.45, 2.75) is 25.8 Å². The number of benzene rings is 1. The number of amides is 1. The predicted molar refractivity (Wildman–Crippen MR) is 109 cm³/mol. The number of carbonyl (C=O) groups excluding carboxylic acids is 1. The first kappa shape index (κ1) is 19.1. The number of hydrogen-bond donors (Lipinski definition) is 1. The Labute approximate surface area is 171 Å². The molecule has 1 aliphatic rings. The number of nitrogens with one attached hydrogen (secondary N) is 1. The van der Waals surface area contributed by atoms with Gasteiger partial charge in [-0.05, 0) is 47.7 Å². The van der Waals surface area contributed by atoms with Gasteiger partial charge >= 0.3 is 0 Å². The Bertz CT molecular complexity index is 1020. The van der Waals surface area contributed by atoms with Crippen molar-refractivity contribution in [3.63, 3.8) is 0 Å². The lowest BCUT2D eigenvalue weighted by Crippen LogP contribution is -2.26. The van der Waals surface area contributed by atoms with Crippen molar-refractivity contribution in [3.8, 4) is 34.1 Å². The van der Waals surface area contributed by atoms with Crippen LogP contribution in [-0.4, -0.2) is 34.3 Å². The van der Waals surface area contributed by atoms with Crippen LogP contribution in [0.15, 0.2) is 29.1 Å². The molecule has 1 N–H and O–H groups in total. The zero-order valence-electron chi connectivity index (χ0n) is 18.0. The standard InChI is InChI=1S/C22H25NO6/c1-12(24)23-16-8-6-13-10-19(27-3)21(28-4)22(29-5)20(13)14-7-9-18(26-2)17(25)11-15(14)16/h7,9-11,16H,6,8H2,1-5H3,(H,23,24)/t16-/m0/s1/i2T,8+2. The molecule has 2 aromatic rings. The summed E-state index contributed by atoms with van der Waals surface area (Å²) in [7, 11) is 4.27. The van der Waals surface area contributed by atoms with Crippen molar-refractivity contribution in [2.24, 2.45) is 0 Å². The number of ether oxygens (including phenoxy) is 4. The van der Waals surface area contributed by atoms with E-state index < -0.39 is 0 Å². The summed E-state index contributed by atoms with van der Waals surface area (Å²) in [6, 6.07) is 6.28. The fourth-order valence-electron chi connectivity index (χ4n) is 3.81. The van der Waals surface area contributed by atoms with Gasteiger partial charge in [0.1, 0.15) is 0 Å². The van der Waals surface area contributed by atoms with E-state index in [9.17, 15) is 9.59 Å². The Hall–Kier alpha value is -3.22. The van der Waals surface area contributed by atoms with Gasteiger partial charge in [0.05, 0.1) is 35.8 Å². The lowest BCUT2D eigenvalue weighted by atomic mass is 9.95. The van der Waals surface area contributed by atoms with Gasteiger partial charge in [0.2, 0.25) is 17.1 Å². The number of fused-ring (bicyclic) bond motifs is 3. The Balaban J connectivity index is 2.39. The van der Waals surface area contributed by atoms with Gasteiger partial charge in [0.15, 0.2) is 17.2 Å². The smallest absolute Gasteiger partial charge is 0.220 e. The van der Waals surface area contributed by atoms with E-state index in [2.05, 4.69) is 5.32 Å². The maximum Gasteiger partial charge on any atom is 0.220 e. The molecule has 0 aliphatic heterocycles.